The van der Waals surface area contributed by atoms with E-state index < -0.39 is 0 Å². The molecule has 0 aromatic heterocycles. The van der Waals surface area contributed by atoms with Crippen molar-refractivity contribution in [3.05, 3.63) is 29.8 Å². The van der Waals surface area contributed by atoms with Gasteiger partial charge in [0.25, 0.3) is 0 Å². The topological polar surface area (TPSA) is 61.3 Å². The molecule has 0 heterocycles. The smallest absolute Gasteiger partial charge is 0.119 e. The highest BCUT2D eigenvalue weighted by Gasteiger charge is 2.06. The third kappa shape index (κ3) is 2.72. The van der Waals surface area contributed by atoms with Gasteiger partial charge in [0.1, 0.15) is 5.75 Å². The molecule has 0 aliphatic heterocycles. The van der Waals surface area contributed by atoms with E-state index in [1.165, 1.54) is 5.56 Å². The van der Waals surface area contributed by atoms with Crippen LogP contribution < -0.4 is 16.2 Å². The van der Waals surface area contributed by atoms with Crippen molar-refractivity contribution in [1.29, 1.82) is 0 Å². The van der Waals surface area contributed by atoms with E-state index in [0.717, 1.165) is 5.75 Å². The van der Waals surface area contributed by atoms with E-state index in [9.17, 15) is 0 Å². The van der Waals surface area contributed by atoms with Gasteiger partial charge in [-0.15, -0.1) is 0 Å². The normalized spacial score (nSPS) is 10.6. The van der Waals surface area contributed by atoms with E-state index in [4.69, 9.17) is 16.2 Å². The Hall–Kier alpha value is -1.06. The highest BCUT2D eigenvalue weighted by atomic mass is 16.5. The molecule has 0 unspecified atom stereocenters. The standard InChI is InChI=1S/C11H18N2O/c1-2-14-11-5-3-9(4-6-11)10(7-12)8-13/h3-6,10H,2,7-8,12-13H2,1H3. The molecule has 0 bridgehead atoms. The molecule has 0 amide bonds. The van der Waals surface area contributed by atoms with Crippen molar-refractivity contribution < 1.29 is 4.74 Å². The van der Waals surface area contributed by atoms with Crippen LogP contribution in [0.25, 0.3) is 0 Å². The Morgan fingerprint density at radius 2 is 1.71 bits per heavy atom. The molecule has 0 saturated carbocycles. The van der Waals surface area contributed by atoms with Crippen molar-refractivity contribution in [3.63, 3.8) is 0 Å². The minimum atomic E-state index is 0.255. The summed E-state index contributed by atoms with van der Waals surface area (Å²) in [6.07, 6.45) is 0. The van der Waals surface area contributed by atoms with Crippen molar-refractivity contribution in [2.75, 3.05) is 19.7 Å². The lowest BCUT2D eigenvalue weighted by Gasteiger charge is -2.12. The van der Waals surface area contributed by atoms with Gasteiger partial charge in [0.15, 0.2) is 0 Å². The van der Waals surface area contributed by atoms with Gasteiger partial charge in [-0.25, -0.2) is 0 Å². The number of rotatable bonds is 5. The zero-order valence-corrected chi connectivity index (χ0v) is 8.57. The predicted octanol–water partition coefficient (Wildman–Crippen LogP) is 1.09. The van der Waals surface area contributed by atoms with Gasteiger partial charge < -0.3 is 16.2 Å². The molecule has 3 nitrogen and oxygen atoms in total. The van der Waals surface area contributed by atoms with Crippen LogP contribution in [0.15, 0.2) is 24.3 Å². The molecule has 1 aromatic carbocycles. The van der Waals surface area contributed by atoms with Crippen LogP contribution in [0.3, 0.4) is 0 Å². The average Bonchev–Trinajstić information content (AvgIpc) is 2.23. The van der Waals surface area contributed by atoms with Crippen molar-refractivity contribution in [3.8, 4) is 5.75 Å². The Kier molecular flexibility index (Phi) is 4.43. The molecule has 78 valence electrons. The fraction of sp³-hybridized carbons (Fsp3) is 0.455. The van der Waals surface area contributed by atoms with Crippen LogP contribution in [0.1, 0.15) is 18.4 Å². The quantitative estimate of drug-likeness (QED) is 0.737. The van der Waals surface area contributed by atoms with Gasteiger partial charge in [0.05, 0.1) is 6.61 Å². The fourth-order valence-corrected chi connectivity index (χ4v) is 1.37. The van der Waals surface area contributed by atoms with Crippen LogP contribution in [0.4, 0.5) is 0 Å². The van der Waals surface area contributed by atoms with Gasteiger partial charge in [-0.3, -0.25) is 0 Å². The number of hydrogen-bond acceptors (Lipinski definition) is 3. The van der Waals surface area contributed by atoms with Crippen LogP contribution in [-0.4, -0.2) is 19.7 Å². The van der Waals surface area contributed by atoms with E-state index in [2.05, 4.69) is 0 Å². The van der Waals surface area contributed by atoms with Gasteiger partial charge >= 0.3 is 0 Å². The highest BCUT2D eigenvalue weighted by molar-refractivity contribution is 5.29. The molecule has 1 aromatic rings. The van der Waals surface area contributed by atoms with Crippen LogP contribution in [0, 0.1) is 0 Å². The Morgan fingerprint density at radius 1 is 1.14 bits per heavy atom. The van der Waals surface area contributed by atoms with E-state index in [-0.39, 0.29) is 5.92 Å². The molecule has 0 fully saturated rings. The van der Waals surface area contributed by atoms with Crippen LogP contribution in [-0.2, 0) is 0 Å². The summed E-state index contributed by atoms with van der Waals surface area (Å²) >= 11 is 0. The average molecular weight is 194 g/mol. The van der Waals surface area contributed by atoms with Crippen molar-refractivity contribution in [2.45, 2.75) is 12.8 Å². The molecule has 14 heavy (non-hydrogen) atoms. The largest absolute Gasteiger partial charge is 0.494 e. The van der Waals surface area contributed by atoms with E-state index in [1.54, 1.807) is 0 Å². The first-order valence-electron chi connectivity index (χ1n) is 4.94. The minimum absolute atomic E-state index is 0.255. The summed E-state index contributed by atoms with van der Waals surface area (Å²) in [5.41, 5.74) is 12.4. The van der Waals surface area contributed by atoms with Gasteiger partial charge in [0, 0.05) is 19.0 Å². The molecule has 1 rings (SSSR count). The van der Waals surface area contributed by atoms with Crippen LogP contribution >= 0.6 is 0 Å². The van der Waals surface area contributed by atoms with E-state index >= 15 is 0 Å². The molecule has 3 heteroatoms. The lowest BCUT2D eigenvalue weighted by atomic mass is 9.99. The second-order valence-corrected chi connectivity index (χ2v) is 3.17. The summed E-state index contributed by atoms with van der Waals surface area (Å²) in [6.45, 7) is 3.84. The maximum absolute atomic E-state index is 5.60. The third-order valence-corrected chi connectivity index (χ3v) is 2.23. The monoisotopic (exact) mass is 194 g/mol. The van der Waals surface area contributed by atoms with Crippen molar-refractivity contribution in [1.82, 2.24) is 0 Å². The molecule has 0 aliphatic rings. The number of benzene rings is 1. The molecule has 0 saturated heterocycles. The minimum Gasteiger partial charge on any atom is -0.494 e. The second kappa shape index (κ2) is 5.62. The van der Waals surface area contributed by atoms with E-state index in [1.807, 2.05) is 31.2 Å². The molecule has 0 aliphatic carbocycles. The third-order valence-electron chi connectivity index (χ3n) is 2.23. The SMILES string of the molecule is CCOc1ccc(C(CN)CN)cc1. The highest BCUT2D eigenvalue weighted by Crippen LogP contribution is 2.17. The zero-order chi connectivity index (χ0) is 10.4. The lowest BCUT2D eigenvalue weighted by Crippen LogP contribution is -2.21. The Bertz CT molecular complexity index is 254. The zero-order valence-electron chi connectivity index (χ0n) is 8.57. The maximum Gasteiger partial charge on any atom is 0.119 e. The summed E-state index contributed by atoms with van der Waals surface area (Å²) < 4.78 is 5.35. The van der Waals surface area contributed by atoms with Crippen LogP contribution in [0.2, 0.25) is 0 Å². The number of ether oxygens (including phenoxy) is 1. The van der Waals surface area contributed by atoms with Gasteiger partial charge in [-0.1, -0.05) is 12.1 Å². The maximum atomic E-state index is 5.60. The number of hydrogen-bond donors (Lipinski definition) is 2. The fourth-order valence-electron chi connectivity index (χ4n) is 1.37. The summed E-state index contributed by atoms with van der Waals surface area (Å²) in [5.74, 6) is 1.15. The summed E-state index contributed by atoms with van der Waals surface area (Å²) in [7, 11) is 0. The lowest BCUT2D eigenvalue weighted by molar-refractivity contribution is 0.340. The van der Waals surface area contributed by atoms with Crippen molar-refractivity contribution >= 4 is 0 Å². The van der Waals surface area contributed by atoms with E-state index in [0.29, 0.717) is 19.7 Å². The number of nitrogens with two attached hydrogens (primary N) is 2. The molecule has 0 atom stereocenters. The summed E-state index contributed by atoms with van der Waals surface area (Å²) in [5, 5.41) is 0. The summed E-state index contributed by atoms with van der Waals surface area (Å²) in [6, 6.07) is 7.96. The molecule has 0 radical (unpaired) electrons. The van der Waals surface area contributed by atoms with Gasteiger partial charge in [-0.05, 0) is 24.6 Å². The molecular weight excluding hydrogens is 176 g/mol. The first-order chi connectivity index (χ1) is 6.81. The Labute approximate surface area is 85.0 Å². The van der Waals surface area contributed by atoms with Gasteiger partial charge in [-0.2, -0.15) is 0 Å². The second-order valence-electron chi connectivity index (χ2n) is 3.17. The van der Waals surface area contributed by atoms with Crippen LogP contribution in [0.5, 0.6) is 5.75 Å². The molecular formula is C11H18N2O. The van der Waals surface area contributed by atoms with Crippen molar-refractivity contribution in [2.24, 2.45) is 11.5 Å². The summed E-state index contributed by atoms with van der Waals surface area (Å²) in [4.78, 5) is 0. The molecule has 0 spiro atoms. The predicted molar refractivity (Wildman–Crippen MR) is 58.5 cm³/mol. The Morgan fingerprint density at radius 3 is 2.14 bits per heavy atom. The Balaban J connectivity index is 2.71. The molecule has 4 N–H and O–H groups in total. The first kappa shape index (κ1) is 11.0. The van der Waals surface area contributed by atoms with Gasteiger partial charge in [0.2, 0.25) is 0 Å². The first-order valence-corrected chi connectivity index (χ1v) is 4.94.